The van der Waals surface area contributed by atoms with Crippen LogP contribution in [0.15, 0.2) is 60.7 Å². The first-order valence-corrected chi connectivity index (χ1v) is 11.5. The van der Waals surface area contributed by atoms with Gasteiger partial charge in [-0.3, -0.25) is 0 Å². The van der Waals surface area contributed by atoms with Gasteiger partial charge in [0.1, 0.15) is 5.00 Å². The average Bonchev–Trinajstić information content (AvgIpc) is 3.10. The normalized spacial score (nSPS) is 11.1. The molecule has 0 unspecified atom stereocenters. The molecule has 0 saturated carbocycles. The van der Waals surface area contributed by atoms with Crippen LogP contribution in [0, 0.1) is 0 Å². The number of ether oxygens (including phenoxy) is 1. The second-order valence-electron chi connectivity index (χ2n) is 8.21. The molecule has 0 bridgehead atoms. The fourth-order valence-corrected chi connectivity index (χ4v) is 4.64. The number of carbonyl (C=O) groups is 1. The van der Waals surface area contributed by atoms with E-state index in [1.807, 2.05) is 42.5 Å². The Kier molecular flexibility index (Phi) is 7.46. The summed E-state index contributed by atoms with van der Waals surface area (Å²) in [6.07, 6.45) is 0.743. The monoisotopic (exact) mass is 452 g/mol. The quantitative estimate of drug-likeness (QED) is 0.325. The summed E-state index contributed by atoms with van der Waals surface area (Å²) in [5, 5.41) is 7.65. The molecule has 4 nitrogen and oxygen atoms in total. The summed E-state index contributed by atoms with van der Waals surface area (Å²) < 4.78 is 5.26. The lowest BCUT2D eigenvalue weighted by Crippen LogP contribution is -2.23. The molecule has 2 aromatic carbocycles. The Hall–Kier alpha value is -2.70. The molecule has 0 radical (unpaired) electrons. The molecule has 3 rings (SSSR count). The van der Waals surface area contributed by atoms with E-state index in [9.17, 15) is 4.79 Å². The molecule has 0 aliphatic heterocycles. The first kappa shape index (κ1) is 23.0. The number of benzene rings is 2. The minimum atomic E-state index is -0.349. The van der Waals surface area contributed by atoms with Gasteiger partial charge in [-0.1, -0.05) is 69.3 Å². The van der Waals surface area contributed by atoms with Gasteiger partial charge in [-0.05, 0) is 47.8 Å². The van der Waals surface area contributed by atoms with Gasteiger partial charge in [-0.2, -0.15) is 0 Å². The summed E-state index contributed by atoms with van der Waals surface area (Å²) >= 11 is 7.10. The van der Waals surface area contributed by atoms with Gasteiger partial charge in [0.15, 0.2) is 5.11 Å². The van der Waals surface area contributed by atoms with E-state index in [2.05, 4.69) is 49.6 Å². The van der Waals surface area contributed by atoms with Crippen molar-refractivity contribution in [2.24, 2.45) is 0 Å². The number of carbonyl (C=O) groups excluding carboxylic acids is 1. The second kappa shape index (κ2) is 10.1. The lowest BCUT2D eigenvalue weighted by atomic mass is 9.86. The van der Waals surface area contributed by atoms with E-state index in [1.165, 1.54) is 22.5 Å². The van der Waals surface area contributed by atoms with Crippen LogP contribution in [0.3, 0.4) is 0 Å². The van der Waals surface area contributed by atoms with Gasteiger partial charge in [-0.15, -0.1) is 11.3 Å². The molecular formula is C25H28N2O2S2. The minimum Gasteiger partial charge on any atom is -0.462 e. The van der Waals surface area contributed by atoms with E-state index in [4.69, 9.17) is 17.0 Å². The summed E-state index contributed by atoms with van der Waals surface area (Å²) in [7, 11) is 0. The lowest BCUT2D eigenvalue weighted by Gasteiger charge is -2.23. The smallest absolute Gasteiger partial charge is 0.341 e. The van der Waals surface area contributed by atoms with Crippen LogP contribution in [0.5, 0.6) is 0 Å². The molecule has 1 heterocycles. The van der Waals surface area contributed by atoms with E-state index in [0.717, 1.165) is 17.0 Å². The zero-order valence-corrected chi connectivity index (χ0v) is 20.0. The Morgan fingerprint density at radius 3 is 2.39 bits per heavy atom. The summed E-state index contributed by atoms with van der Waals surface area (Å²) in [6, 6.07) is 20.2. The molecule has 0 fully saturated rings. The maximum absolute atomic E-state index is 12.5. The van der Waals surface area contributed by atoms with E-state index < -0.39 is 0 Å². The van der Waals surface area contributed by atoms with Crippen molar-refractivity contribution in [3.63, 3.8) is 0 Å². The molecule has 6 heteroatoms. The lowest BCUT2D eigenvalue weighted by molar-refractivity contribution is 0.0528. The second-order valence-corrected chi connectivity index (χ2v) is 9.76. The van der Waals surface area contributed by atoms with Gasteiger partial charge in [-0.25, -0.2) is 4.79 Å². The molecular weight excluding hydrogens is 424 g/mol. The number of para-hydroxylation sites is 1. The number of hydrogen-bond acceptors (Lipinski definition) is 4. The van der Waals surface area contributed by atoms with E-state index in [1.54, 1.807) is 6.92 Å². The fourth-order valence-electron chi connectivity index (χ4n) is 3.28. The number of thiocarbonyl (C=S) groups is 1. The Morgan fingerprint density at radius 2 is 1.71 bits per heavy atom. The Bertz CT molecular complexity index is 1050. The summed E-state index contributed by atoms with van der Waals surface area (Å²) in [5.41, 5.74) is 3.78. The first-order chi connectivity index (χ1) is 14.8. The highest BCUT2D eigenvalue weighted by Crippen LogP contribution is 2.32. The number of hydrogen-bond donors (Lipinski definition) is 2. The molecule has 162 valence electrons. The Balaban J connectivity index is 1.82. The predicted octanol–water partition coefficient (Wildman–Crippen LogP) is 6.62. The van der Waals surface area contributed by atoms with Crippen molar-refractivity contribution in [3.8, 4) is 0 Å². The number of rotatable bonds is 6. The third kappa shape index (κ3) is 6.15. The maximum atomic E-state index is 12.5. The molecule has 0 saturated heterocycles. The first-order valence-electron chi connectivity index (χ1n) is 10.3. The Labute approximate surface area is 193 Å². The Morgan fingerprint density at radius 1 is 1.03 bits per heavy atom. The fraction of sp³-hybridized carbons (Fsp3) is 0.280. The van der Waals surface area contributed by atoms with Gasteiger partial charge in [0.2, 0.25) is 0 Å². The van der Waals surface area contributed by atoms with Gasteiger partial charge < -0.3 is 15.4 Å². The minimum absolute atomic E-state index is 0.0267. The standard InChI is InChI=1S/C25H28N2O2S2/c1-5-29-23(28)19-16-18(15-17-11-7-6-8-12-17)31-22(19)27-24(30)26-21-14-10-9-13-20(21)25(2,3)4/h6-14,16H,5,15H2,1-4H3,(H2,26,27,30). The summed E-state index contributed by atoms with van der Waals surface area (Å²) in [4.78, 5) is 13.6. The SMILES string of the molecule is CCOC(=O)c1cc(Cc2ccccc2)sc1NC(=S)Nc1ccccc1C(C)(C)C. The van der Waals surface area contributed by atoms with Crippen molar-refractivity contribution in [2.45, 2.75) is 39.5 Å². The van der Waals surface area contributed by atoms with Gasteiger partial charge >= 0.3 is 5.97 Å². The summed E-state index contributed by atoms with van der Waals surface area (Å²) in [5.74, 6) is -0.349. The zero-order chi connectivity index (χ0) is 22.4. The van der Waals surface area contributed by atoms with Crippen molar-refractivity contribution >= 4 is 45.3 Å². The molecule has 0 spiro atoms. The summed E-state index contributed by atoms with van der Waals surface area (Å²) in [6.45, 7) is 8.62. The highest BCUT2D eigenvalue weighted by molar-refractivity contribution is 7.80. The molecule has 0 aliphatic rings. The maximum Gasteiger partial charge on any atom is 0.341 e. The van der Waals surface area contributed by atoms with Crippen molar-refractivity contribution in [1.82, 2.24) is 0 Å². The van der Waals surface area contributed by atoms with Gasteiger partial charge in [0, 0.05) is 17.0 Å². The predicted molar refractivity (Wildman–Crippen MR) is 135 cm³/mol. The third-order valence-corrected chi connectivity index (χ3v) is 5.96. The van der Waals surface area contributed by atoms with Crippen LogP contribution in [0.4, 0.5) is 10.7 Å². The van der Waals surface area contributed by atoms with Crippen LogP contribution in [0.25, 0.3) is 0 Å². The van der Waals surface area contributed by atoms with Crippen molar-refractivity contribution in [2.75, 3.05) is 17.2 Å². The van der Waals surface area contributed by atoms with Crippen molar-refractivity contribution in [1.29, 1.82) is 0 Å². The van der Waals surface area contributed by atoms with E-state index in [-0.39, 0.29) is 11.4 Å². The highest BCUT2D eigenvalue weighted by atomic mass is 32.1. The van der Waals surface area contributed by atoms with Gasteiger partial charge in [0.25, 0.3) is 0 Å². The molecule has 31 heavy (non-hydrogen) atoms. The largest absolute Gasteiger partial charge is 0.462 e. The number of esters is 1. The molecule has 1 aromatic heterocycles. The molecule has 3 aromatic rings. The van der Waals surface area contributed by atoms with Crippen LogP contribution in [-0.2, 0) is 16.6 Å². The molecule has 0 amide bonds. The molecule has 2 N–H and O–H groups in total. The number of nitrogens with one attached hydrogen (secondary N) is 2. The van der Waals surface area contributed by atoms with Crippen molar-refractivity contribution in [3.05, 3.63) is 82.2 Å². The van der Waals surface area contributed by atoms with Crippen LogP contribution in [-0.4, -0.2) is 17.7 Å². The van der Waals surface area contributed by atoms with Crippen LogP contribution in [0.1, 0.15) is 54.1 Å². The van der Waals surface area contributed by atoms with Crippen LogP contribution >= 0.6 is 23.6 Å². The van der Waals surface area contributed by atoms with E-state index >= 15 is 0 Å². The average molecular weight is 453 g/mol. The number of anilines is 2. The molecule has 0 aliphatic carbocycles. The zero-order valence-electron chi connectivity index (χ0n) is 18.3. The molecule has 0 atom stereocenters. The van der Waals surface area contributed by atoms with Crippen LogP contribution in [0.2, 0.25) is 0 Å². The highest BCUT2D eigenvalue weighted by Gasteiger charge is 2.20. The van der Waals surface area contributed by atoms with Gasteiger partial charge in [0.05, 0.1) is 12.2 Å². The topological polar surface area (TPSA) is 50.4 Å². The third-order valence-electron chi connectivity index (χ3n) is 4.71. The van der Waals surface area contributed by atoms with E-state index in [0.29, 0.717) is 22.3 Å². The van der Waals surface area contributed by atoms with Crippen LogP contribution < -0.4 is 10.6 Å². The van der Waals surface area contributed by atoms with Crippen molar-refractivity contribution < 1.29 is 9.53 Å². The number of thiophene rings is 1.